The number of hydrogen-bond donors (Lipinski definition) is 1. The number of carbonyl (C=O) groups excluding carboxylic acids is 1. The number of nitrogens with one attached hydrogen (secondary N) is 1. The van der Waals surface area contributed by atoms with E-state index in [9.17, 15) is 4.79 Å². The molecule has 92 valence electrons. The zero-order valence-corrected chi connectivity index (χ0v) is 10.6. The van der Waals surface area contributed by atoms with Crippen LogP contribution in [0.3, 0.4) is 0 Å². The van der Waals surface area contributed by atoms with Crippen LogP contribution in [-0.4, -0.2) is 36.5 Å². The molecule has 0 aromatic carbocycles. The highest BCUT2D eigenvalue weighted by Crippen LogP contribution is 1.97. The quantitative estimate of drug-likeness (QED) is 0.681. The van der Waals surface area contributed by atoms with E-state index in [0.29, 0.717) is 19.4 Å². The van der Waals surface area contributed by atoms with Gasteiger partial charge in [0.15, 0.2) is 0 Å². The van der Waals surface area contributed by atoms with Crippen LogP contribution < -0.4 is 5.32 Å². The molecule has 0 spiro atoms. The Morgan fingerprint density at radius 1 is 1.38 bits per heavy atom. The first-order valence-corrected chi connectivity index (χ1v) is 6.07. The third-order valence-electron chi connectivity index (χ3n) is 2.72. The van der Waals surface area contributed by atoms with E-state index >= 15 is 0 Å². The SMILES string of the molecule is CCC(CC#N)NCCC(=O)N(CC)CC. The fourth-order valence-electron chi connectivity index (χ4n) is 1.59. The van der Waals surface area contributed by atoms with E-state index in [-0.39, 0.29) is 11.9 Å². The van der Waals surface area contributed by atoms with Crippen LogP contribution in [0.5, 0.6) is 0 Å². The van der Waals surface area contributed by atoms with E-state index < -0.39 is 0 Å². The molecule has 1 unspecified atom stereocenters. The summed E-state index contributed by atoms with van der Waals surface area (Å²) in [7, 11) is 0. The van der Waals surface area contributed by atoms with E-state index in [1.54, 1.807) is 0 Å². The monoisotopic (exact) mass is 225 g/mol. The number of carbonyl (C=O) groups is 1. The molecule has 4 nitrogen and oxygen atoms in total. The summed E-state index contributed by atoms with van der Waals surface area (Å²) >= 11 is 0. The molecule has 1 N–H and O–H groups in total. The lowest BCUT2D eigenvalue weighted by atomic mass is 10.1. The molecule has 16 heavy (non-hydrogen) atoms. The van der Waals surface area contributed by atoms with Crippen molar-refractivity contribution in [1.29, 1.82) is 5.26 Å². The number of hydrogen-bond acceptors (Lipinski definition) is 3. The molecule has 0 aliphatic rings. The van der Waals surface area contributed by atoms with Gasteiger partial charge in [0.1, 0.15) is 0 Å². The van der Waals surface area contributed by atoms with Crippen LogP contribution in [0.2, 0.25) is 0 Å². The highest BCUT2D eigenvalue weighted by Gasteiger charge is 2.10. The zero-order valence-electron chi connectivity index (χ0n) is 10.6. The van der Waals surface area contributed by atoms with Crippen LogP contribution in [0.15, 0.2) is 0 Å². The van der Waals surface area contributed by atoms with Crippen LogP contribution in [0.1, 0.15) is 40.0 Å². The average Bonchev–Trinajstić information content (AvgIpc) is 2.29. The third kappa shape index (κ3) is 5.72. The van der Waals surface area contributed by atoms with Crippen molar-refractivity contribution in [3.05, 3.63) is 0 Å². The van der Waals surface area contributed by atoms with Gasteiger partial charge in [-0.3, -0.25) is 4.79 Å². The normalized spacial score (nSPS) is 11.9. The summed E-state index contributed by atoms with van der Waals surface area (Å²) in [6.45, 7) is 8.21. The van der Waals surface area contributed by atoms with Gasteiger partial charge in [0, 0.05) is 32.1 Å². The second-order valence-corrected chi connectivity index (χ2v) is 3.74. The van der Waals surface area contributed by atoms with E-state index in [4.69, 9.17) is 5.26 Å². The molecule has 1 atom stereocenters. The van der Waals surface area contributed by atoms with Gasteiger partial charge in [0.2, 0.25) is 5.91 Å². The molecular formula is C12H23N3O. The second-order valence-electron chi connectivity index (χ2n) is 3.74. The van der Waals surface area contributed by atoms with Gasteiger partial charge in [-0.2, -0.15) is 5.26 Å². The molecule has 0 saturated carbocycles. The number of nitriles is 1. The molecule has 1 amide bonds. The Kier molecular flexibility index (Phi) is 8.55. The highest BCUT2D eigenvalue weighted by molar-refractivity contribution is 5.76. The van der Waals surface area contributed by atoms with Gasteiger partial charge in [-0.1, -0.05) is 6.92 Å². The van der Waals surface area contributed by atoms with Crippen molar-refractivity contribution in [3.63, 3.8) is 0 Å². The van der Waals surface area contributed by atoms with Gasteiger partial charge in [-0.25, -0.2) is 0 Å². The Labute approximate surface area is 98.6 Å². The van der Waals surface area contributed by atoms with Gasteiger partial charge >= 0.3 is 0 Å². The molecule has 0 bridgehead atoms. The van der Waals surface area contributed by atoms with E-state index in [0.717, 1.165) is 19.5 Å². The van der Waals surface area contributed by atoms with Gasteiger partial charge in [0.25, 0.3) is 0 Å². The molecule has 0 rings (SSSR count). The lowest BCUT2D eigenvalue weighted by molar-refractivity contribution is -0.130. The van der Waals surface area contributed by atoms with Crippen molar-refractivity contribution in [2.24, 2.45) is 0 Å². The maximum Gasteiger partial charge on any atom is 0.223 e. The first kappa shape index (κ1) is 14.9. The van der Waals surface area contributed by atoms with Crippen molar-refractivity contribution >= 4 is 5.91 Å². The Bertz CT molecular complexity index is 231. The Morgan fingerprint density at radius 3 is 2.44 bits per heavy atom. The number of amides is 1. The molecule has 0 aliphatic heterocycles. The molecule has 0 aliphatic carbocycles. The molecule has 0 saturated heterocycles. The van der Waals surface area contributed by atoms with E-state index in [2.05, 4.69) is 11.4 Å². The fourth-order valence-corrected chi connectivity index (χ4v) is 1.59. The van der Waals surface area contributed by atoms with Crippen molar-refractivity contribution in [1.82, 2.24) is 10.2 Å². The molecular weight excluding hydrogens is 202 g/mol. The van der Waals surface area contributed by atoms with E-state index in [1.165, 1.54) is 0 Å². The van der Waals surface area contributed by atoms with Gasteiger partial charge in [-0.05, 0) is 20.3 Å². The molecule has 0 fully saturated rings. The lowest BCUT2D eigenvalue weighted by Crippen LogP contribution is -2.35. The first-order chi connectivity index (χ1) is 7.69. The minimum atomic E-state index is 0.185. The lowest BCUT2D eigenvalue weighted by Gasteiger charge is -2.19. The third-order valence-corrected chi connectivity index (χ3v) is 2.72. The summed E-state index contributed by atoms with van der Waals surface area (Å²) in [5.74, 6) is 0.185. The van der Waals surface area contributed by atoms with Crippen LogP contribution >= 0.6 is 0 Å². The predicted octanol–water partition coefficient (Wildman–Crippen LogP) is 1.53. The second kappa shape index (κ2) is 9.17. The van der Waals surface area contributed by atoms with Crippen LogP contribution in [0.25, 0.3) is 0 Å². The largest absolute Gasteiger partial charge is 0.343 e. The van der Waals surface area contributed by atoms with Crippen molar-refractivity contribution in [2.45, 2.75) is 46.1 Å². The maximum absolute atomic E-state index is 11.7. The number of rotatable bonds is 8. The van der Waals surface area contributed by atoms with Crippen molar-refractivity contribution in [3.8, 4) is 6.07 Å². The van der Waals surface area contributed by atoms with Gasteiger partial charge in [-0.15, -0.1) is 0 Å². The average molecular weight is 225 g/mol. The van der Waals surface area contributed by atoms with Crippen LogP contribution in [0.4, 0.5) is 0 Å². The molecule has 0 aromatic rings. The Balaban J connectivity index is 3.80. The maximum atomic E-state index is 11.7. The minimum absolute atomic E-state index is 0.185. The standard InChI is InChI=1S/C12H23N3O/c1-4-11(7-9-13)14-10-8-12(16)15(5-2)6-3/h11,14H,4-8,10H2,1-3H3. The fraction of sp³-hybridized carbons (Fsp3) is 0.833. The Morgan fingerprint density at radius 2 is 2.00 bits per heavy atom. The van der Waals surface area contributed by atoms with Crippen LogP contribution in [-0.2, 0) is 4.79 Å². The van der Waals surface area contributed by atoms with Crippen molar-refractivity contribution < 1.29 is 4.79 Å². The summed E-state index contributed by atoms with van der Waals surface area (Å²) in [4.78, 5) is 13.5. The van der Waals surface area contributed by atoms with E-state index in [1.807, 2.05) is 25.7 Å². The molecule has 0 heterocycles. The summed E-state index contributed by atoms with van der Waals surface area (Å²) < 4.78 is 0. The Hall–Kier alpha value is -1.08. The zero-order chi connectivity index (χ0) is 12.4. The molecule has 4 heteroatoms. The summed E-state index contributed by atoms with van der Waals surface area (Å²) in [5.41, 5.74) is 0. The topological polar surface area (TPSA) is 56.1 Å². The van der Waals surface area contributed by atoms with Crippen molar-refractivity contribution in [2.75, 3.05) is 19.6 Å². The molecule has 0 radical (unpaired) electrons. The molecule has 0 aromatic heterocycles. The summed E-state index contributed by atoms with van der Waals surface area (Å²) in [6, 6.07) is 2.36. The highest BCUT2D eigenvalue weighted by atomic mass is 16.2. The summed E-state index contributed by atoms with van der Waals surface area (Å²) in [6.07, 6.45) is 1.95. The predicted molar refractivity (Wildman–Crippen MR) is 64.9 cm³/mol. The van der Waals surface area contributed by atoms with Gasteiger partial charge in [0.05, 0.1) is 12.5 Å². The van der Waals surface area contributed by atoms with Crippen LogP contribution in [0, 0.1) is 11.3 Å². The smallest absolute Gasteiger partial charge is 0.223 e. The first-order valence-electron chi connectivity index (χ1n) is 6.07. The number of nitrogens with zero attached hydrogens (tertiary/aromatic N) is 2. The summed E-state index contributed by atoms with van der Waals surface area (Å²) in [5, 5.41) is 11.8. The van der Waals surface area contributed by atoms with Gasteiger partial charge < -0.3 is 10.2 Å². The minimum Gasteiger partial charge on any atom is -0.343 e.